The largest absolute Gasteiger partial charge is 0.356 e. The van der Waals surface area contributed by atoms with Crippen molar-refractivity contribution in [1.82, 2.24) is 10.2 Å². The summed E-state index contributed by atoms with van der Waals surface area (Å²) in [6.45, 7) is 7.73. The zero-order valence-corrected chi connectivity index (χ0v) is 9.00. The van der Waals surface area contributed by atoms with Gasteiger partial charge in [0, 0.05) is 18.1 Å². The SMILES string of the molecule is CC1C(NC=O)CCN(C)C1(C)C. The first kappa shape index (κ1) is 10.5. The lowest BCUT2D eigenvalue weighted by Gasteiger charge is -2.48. The molecule has 0 saturated carbocycles. The number of carbonyl (C=O) groups excluding carboxylic acids is 1. The third kappa shape index (κ3) is 1.85. The summed E-state index contributed by atoms with van der Waals surface area (Å²) in [7, 11) is 2.15. The van der Waals surface area contributed by atoms with E-state index in [-0.39, 0.29) is 5.54 Å². The smallest absolute Gasteiger partial charge is 0.207 e. The van der Waals surface area contributed by atoms with Crippen molar-refractivity contribution in [3.63, 3.8) is 0 Å². The first-order chi connectivity index (χ1) is 6.00. The van der Waals surface area contributed by atoms with Gasteiger partial charge in [0.05, 0.1) is 0 Å². The van der Waals surface area contributed by atoms with E-state index in [1.165, 1.54) is 0 Å². The van der Waals surface area contributed by atoms with Gasteiger partial charge in [-0.1, -0.05) is 6.92 Å². The Kier molecular flexibility index (Phi) is 2.96. The predicted molar refractivity (Wildman–Crippen MR) is 53.5 cm³/mol. The number of amides is 1. The summed E-state index contributed by atoms with van der Waals surface area (Å²) < 4.78 is 0. The highest BCUT2D eigenvalue weighted by Crippen LogP contribution is 2.31. The van der Waals surface area contributed by atoms with Gasteiger partial charge in [0.25, 0.3) is 0 Å². The zero-order valence-electron chi connectivity index (χ0n) is 9.00. The van der Waals surface area contributed by atoms with E-state index in [4.69, 9.17) is 0 Å². The molecule has 0 aromatic heterocycles. The van der Waals surface area contributed by atoms with Crippen molar-refractivity contribution in [3.8, 4) is 0 Å². The second kappa shape index (κ2) is 3.66. The molecule has 0 aliphatic carbocycles. The Labute approximate surface area is 80.5 Å². The molecule has 1 fully saturated rings. The molecule has 3 nitrogen and oxygen atoms in total. The zero-order chi connectivity index (χ0) is 10.1. The monoisotopic (exact) mass is 184 g/mol. The third-order valence-corrected chi connectivity index (χ3v) is 3.76. The number of piperidine rings is 1. The van der Waals surface area contributed by atoms with Crippen LogP contribution in [0.3, 0.4) is 0 Å². The Balaban J connectivity index is 2.69. The second-order valence-corrected chi connectivity index (χ2v) is 4.54. The van der Waals surface area contributed by atoms with Gasteiger partial charge in [-0.25, -0.2) is 0 Å². The van der Waals surface area contributed by atoms with Gasteiger partial charge < -0.3 is 10.2 Å². The Morgan fingerprint density at radius 2 is 2.15 bits per heavy atom. The molecule has 3 heteroatoms. The van der Waals surface area contributed by atoms with Crippen molar-refractivity contribution in [2.75, 3.05) is 13.6 Å². The number of nitrogens with one attached hydrogen (secondary N) is 1. The molecule has 1 amide bonds. The fourth-order valence-electron chi connectivity index (χ4n) is 2.03. The molecule has 2 unspecified atom stereocenters. The van der Waals surface area contributed by atoms with E-state index in [0.29, 0.717) is 12.0 Å². The van der Waals surface area contributed by atoms with Gasteiger partial charge in [0.2, 0.25) is 6.41 Å². The average Bonchev–Trinajstić information content (AvgIpc) is 2.08. The summed E-state index contributed by atoms with van der Waals surface area (Å²) in [5.74, 6) is 0.497. The van der Waals surface area contributed by atoms with Crippen LogP contribution in [0.25, 0.3) is 0 Å². The lowest BCUT2D eigenvalue weighted by Crippen LogP contribution is -2.58. The highest BCUT2D eigenvalue weighted by atomic mass is 16.1. The fourth-order valence-corrected chi connectivity index (χ4v) is 2.03. The van der Waals surface area contributed by atoms with Crippen LogP contribution in [0.1, 0.15) is 27.2 Å². The van der Waals surface area contributed by atoms with E-state index in [2.05, 4.69) is 38.0 Å². The standard InChI is InChI=1S/C10H20N2O/c1-8-9(11-7-13)5-6-12(4)10(8,2)3/h7-9H,5-6H2,1-4H3,(H,11,13). The van der Waals surface area contributed by atoms with Crippen LogP contribution in [-0.2, 0) is 4.79 Å². The van der Waals surface area contributed by atoms with E-state index in [9.17, 15) is 4.79 Å². The van der Waals surface area contributed by atoms with E-state index in [1.807, 2.05) is 0 Å². The molecule has 13 heavy (non-hydrogen) atoms. The molecule has 2 atom stereocenters. The first-order valence-corrected chi connectivity index (χ1v) is 4.91. The third-order valence-electron chi connectivity index (χ3n) is 3.76. The maximum absolute atomic E-state index is 10.4. The summed E-state index contributed by atoms with van der Waals surface area (Å²) >= 11 is 0. The molecule has 0 spiro atoms. The minimum absolute atomic E-state index is 0.179. The molecule has 0 bridgehead atoms. The average molecular weight is 184 g/mol. The number of rotatable bonds is 2. The molecule has 1 rings (SSSR count). The second-order valence-electron chi connectivity index (χ2n) is 4.54. The van der Waals surface area contributed by atoms with Crippen LogP contribution in [-0.4, -0.2) is 36.5 Å². The minimum atomic E-state index is 0.179. The molecule has 1 heterocycles. The van der Waals surface area contributed by atoms with Gasteiger partial charge >= 0.3 is 0 Å². The maximum atomic E-state index is 10.4. The number of hydrogen-bond donors (Lipinski definition) is 1. The van der Waals surface area contributed by atoms with Crippen LogP contribution >= 0.6 is 0 Å². The molecular formula is C10H20N2O. The normalized spacial score (nSPS) is 34.2. The number of hydrogen-bond acceptors (Lipinski definition) is 2. The lowest BCUT2D eigenvalue weighted by molar-refractivity contribution is -0.111. The van der Waals surface area contributed by atoms with Crippen LogP contribution < -0.4 is 5.32 Å². The molecule has 0 aromatic rings. The van der Waals surface area contributed by atoms with Gasteiger partial charge in [-0.3, -0.25) is 4.79 Å². The lowest BCUT2D eigenvalue weighted by atomic mass is 9.77. The molecule has 0 aromatic carbocycles. The topological polar surface area (TPSA) is 32.3 Å². The number of carbonyl (C=O) groups is 1. The van der Waals surface area contributed by atoms with Crippen molar-refractivity contribution in [3.05, 3.63) is 0 Å². The Morgan fingerprint density at radius 1 is 1.54 bits per heavy atom. The molecule has 0 radical (unpaired) electrons. The summed E-state index contributed by atoms with van der Waals surface area (Å²) in [5, 5.41) is 2.90. The van der Waals surface area contributed by atoms with Crippen molar-refractivity contribution in [2.45, 2.75) is 38.8 Å². The molecule has 1 N–H and O–H groups in total. The van der Waals surface area contributed by atoms with E-state index < -0.39 is 0 Å². The van der Waals surface area contributed by atoms with Gasteiger partial charge in [0.1, 0.15) is 0 Å². The van der Waals surface area contributed by atoms with Crippen molar-refractivity contribution < 1.29 is 4.79 Å². The summed E-state index contributed by atoms with van der Waals surface area (Å²) in [6.07, 6.45) is 1.88. The summed E-state index contributed by atoms with van der Waals surface area (Å²) in [4.78, 5) is 12.7. The quantitative estimate of drug-likeness (QED) is 0.645. The Morgan fingerprint density at radius 3 is 2.69 bits per heavy atom. The van der Waals surface area contributed by atoms with Crippen LogP contribution in [0.4, 0.5) is 0 Å². The molecular weight excluding hydrogens is 164 g/mol. The molecule has 1 saturated heterocycles. The number of nitrogens with zero attached hydrogens (tertiary/aromatic N) is 1. The van der Waals surface area contributed by atoms with Crippen LogP contribution in [0.5, 0.6) is 0 Å². The van der Waals surface area contributed by atoms with Gasteiger partial charge in [0.15, 0.2) is 0 Å². The van der Waals surface area contributed by atoms with Gasteiger partial charge in [-0.2, -0.15) is 0 Å². The van der Waals surface area contributed by atoms with Crippen molar-refractivity contribution in [1.29, 1.82) is 0 Å². The van der Waals surface area contributed by atoms with Crippen LogP contribution in [0, 0.1) is 5.92 Å². The van der Waals surface area contributed by atoms with Crippen LogP contribution in [0.2, 0.25) is 0 Å². The highest BCUT2D eigenvalue weighted by molar-refractivity contribution is 5.46. The van der Waals surface area contributed by atoms with E-state index >= 15 is 0 Å². The van der Waals surface area contributed by atoms with Gasteiger partial charge in [-0.05, 0) is 33.2 Å². The first-order valence-electron chi connectivity index (χ1n) is 4.91. The minimum Gasteiger partial charge on any atom is -0.356 e. The van der Waals surface area contributed by atoms with Crippen molar-refractivity contribution >= 4 is 6.41 Å². The van der Waals surface area contributed by atoms with Crippen LogP contribution in [0.15, 0.2) is 0 Å². The predicted octanol–water partition coefficient (Wildman–Crippen LogP) is 0.851. The van der Waals surface area contributed by atoms with E-state index in [0.717, 1.165) is 19.4 Å². The Hall–Kier alpha value is -0.570. The van der Waals surface area contributed by atoms with E-state index in [1.54, 1.807) is 0 Å². The summed E-state index contributed by atoms with van der Waals surface area (Å²) in [6, 6.07) is 0.337. The molecule has 1 aliphatic rings. The fraction of sp³-hybridized carbons (Fsp3) is 0.900. The highest BCUT2D eigenvalue weighted by Gasteiger charge is 2.39. The maximum Gasteiger partial charge on any atom is 0.207 e. The molecule has 76 valence electrons. The number of likely N-dealkylation sites (tertiary alicyclic amines) is 1. The van der Waals surface area contributed by atoms with Crippen molar-refractivity contribution in [2.24, 2.45) is 5.92 Å². The molecule has 1 aliphatic heterocycles. The Bertz CT molecular complexity index is 191. The summed E-state index contributed by atoms with van der Waals surface area (Å²) in [5.41, 5.74) is 0.179. The van der Waals surface area contributed by atoms with Gasteiger partial charge in [-0.15, -0.1) is 0 Å².